The lowest BCUT2D eigenvalue weighted by Gasteiger charge is -2.21. The van der Waals surface area contributed by atoms with E-state index in [1.807, 2.05) is 56.3 Å². The van der Waals surface area contributed by atoms with Crippen molar-refractivity contribution < 1.29 is 9.90 Å². The van der Waals surface area contributed by atoms with E-state index < -0.39 is 0 Å². The Labute approximate surface area is 137 Å². The predicted molar refractivity (Wildman–Crippen MR) is 94.4 cm³/mol. The number of hydrogen-bond donors (Lipinski definition) is 3. The van der Waals surface area contributed by atoms with Gasteiger partial charge in [-0.05, 0) is 35.6 Å². The van der Waals surface area contributed by atoms with Gasteiger partial charge in [-0.3, -0.25) is 0 Å². The molecule has 0 spiro atoms. The number of hydrogen-bond acceptors (Lipinski definition) is 2. The van der Waals surface area contributed by atoms with Gasteiger partial charge in [0, 0.05) is 18.3 Å². The summed E-state index contributed by atoms with van der Waals surface area (Å²) in [5, 5.41) is 14.8. The van der Waals surface area contributed by atoms with Crippen LogP contribution < -0.4 is 10.6 Å². The number of urea groups is 1. The molecule has 0 aliphatic carbocycles. The molecule has 0 saturated heterocycles. The van der Waals surface area contributed by atoms with Crippen LogP contribution in [-0.2, 0) is 0 Å². The fourth-order valence-electron chi connectivity index (χ4n) is 2.42. The van der Waals surface area contributed by atoms with Gasteiger partial charge < -0.3 is 15.7 Å². The maximum atomic E-state index is 12.1. The normalized spacial score (nSPS) is 12.0. The van der Waals surface area contributed by atoms with Gasteiger partial charge in [0.15, 0.2) is 0 Å². The molecular weight excluding hydrogens is 288 g/mol. The quantitative estimate of drug-likeness (QED) is 0.758. The first-order valence-electron chi connectivity index (χ1n) is 7.94. The van der Waals surface area contributed by atoms with Gasteiger partial charge >= 0.3 is 6.03 Å². The molecule has 0 aliphatic rings. The van der Waals surface area contributed by atoms with Crippen molar-refractivity contribution in [2.24, 2.45) is 5.92 Å². The number of rotatable bonds is 6. The summed E-state index contributed by atoms with van der Waals surface area (Å²) in [7, 11) is 0. The van der Waals surface area contributed by atoms with Crippen LogP contribution in [0.25, 0.3) is 11.1 Å². The van der Waals surface area contributed by atoms with E-state index >= 15 is 0 Å². The summed E-state index contributed by atoms with van der Waals surface area (Å²) in [4.78, 5) is 12.1. The van der Waals surface area contributed by atoms with E-state index in [0.29, 0.717) is 6.42 Å². The zero-order valence-electron chi connectivity index (χ0n) is 13.6. The molecule has 2 rings (SSSR count). The molecule has 4 nitrogen and oxygen atoms in total. The van der Waals surface area contributed by atoms with Crippen LogP contribution in [0.3, 0.4) is 0 Å². The first kappa shape index (κ1) is 17.0. The van der Waals surface area contributed by atoms with E-state index in [2.05, 4.69) is 22.8 Å². The molecular formula is C19H24N2O2. The molecule has 2 aromatic rings. The zero-order valence-corrected chi connectivity index (χ0v) is 13.6. The Bertz CT molecular complexity index is 609. The van der Waals surface area contributed by atoms with Crippen molar-refractivity contribution in [2.45, 2.75) is 26.3 Å². The number of carbonyl (C=O) groups is 1. The first-order chi connectivity index (χ1) is 11.1. The lowest BCUT2D eigenvalue weighted by Crippen LogP contribution is -2.41. The van der Waals surface area contributed by atoms with Crippen molar-refractivity contribution in [3.05, 3.63) is 54.6 Å². The third-order valence-corrected chi connectivity index (χ3v) is 3.81. The minimum Gasteiger partial charge on any atom is -0.396 e. The number of nitrogens with one attached hydrogen (secondary N) is 2. The highest BCUT2D eigenvalue weighted by Crippen LogP contribution is 2.21. The number of carbonyl (C=O) groups excluding carboxylic acids is 1. The summed E-state index contributed by atoms with van der Waals surface area (Å²) in [5.41, 5.74) is 3.00. The molecule has 1 atom stereocenters. The van der Waals surface area contributed by atoms with E-state index in [9.17, 15) is 4.79 Å². The molecule has 0 heterocycles. The van der Waals surface area contributed by atoms with E-state index in [1.165, 1.54) is 0 Å². The molecule has 122 valence electrons. The Morgan fingerprint density at radius 3 is 2.17 bits per heavy atom. The monoisotopic (exact) mass is 312 g/mol. The summed E-state index contributed by atoms with van der Waals surface area (Å²) in [6.45, 7) is 4.11. The fourth-order valence-corrected chi connectivity index (χ4v) is 2.42. The molecule has 0 aromatic heterocycles. The number of benzene rings is 2. The molecule has 0 aliphatic heterocycles. The molecule has 2 amide bonds. The molecule has 23 heavy (non-hydrogen) atoms. The molecule has 0 fully saturated rings. The van der Waals surface area contributed by atoms with Crippen LogP contribution in [0.1, 0.15) is 20.3 Å². The molecule has 0 bridgehead atoms. The van der Waals surface area contributed by atoms with Crippen LogP contribution in [0.4, 0.5) is 10.5 Å². The second-order valence-electron chi connectivity index (χ2n) is 5.90. The second-order valence-corrected chi connectivity index (χ2v) is 5.90. The molecule has 2 aromatic carbocycles. The second kappa shape index (κ2) is 8.34. The minimum absolute atomic E-state index is 0.0383. The van der Waals surface area contributed by atoms with Gasteiger partial charge in [0.25, 0.3) is 0 Å². The van der Waals surface area contributed by atoms with Crippen molar-refractivity contribution in [3.63, 3.8) is 0 Å². The van der Waals surface area contributed by atoms with Gasteiger partial charge in [-0.1, -0.05) is 56.3 Å². The van der Waals surface area contributed by atoms with Crippen LogP contribution in [0, 0.1) is 5.92 Å². The van der Waals surface area contributed by atoms with E-state index in [4.69, 9.17) is 5.11 Å². The Balaban J connectivity index is 1.96. The van der Waals surface area contributed by atoms with Crippen molar-refractivity contribution in [1.82, 2.24) is 5.32 Å². The zero-order chi connectivity index (χ0) is 16.7. The van der Waals surface area contributed by atoms with Gasteiger partial charge in [-0.25, -0.2) is 4.79 Å². The average Bonchev–Trinajstić information content (AvgIpc) is 2.56. The average molecular weight is 312 g/mol. The SMILES string of the molecule is CC(C)C(CCO)NC(=O)Nc1ccc(-c2ccccc2)cc1. The standard InChI is InChI=1S/C19H24N2O2/c1-14(2)18(12-13-22)21-19(23)20-17-10-8-16(9-11-17)15-6-4-3-5-7-15/h3-11,14,18,22H,12-13H2,1-2H3,(H2,20,21,23). The van der Waals surface area contributed by atoms with Gasteiger partial charge in [0.05, 0.1) is 0 Å². The summed E-state index contributed by atoms with van der Waals surface area (Å²) in [6, 6.07) is 17.6. The summed E-state index contributed by atoms with van der Waals surface area (Å²) in [6.07, 6.45) is 0.554. The summed E-state index contributed by atoms with van der Waals surface area (Å²) in [5.74, 6) is 0.272. The number of aliphatic hydroxyl groups is 1. The van der Waals surface area contributed by atoms with Crippen molar-refractivity contribution in [3.8, 4) is 11.1 Å². The van der Waals surface area contributed by atoms with E-state index in [0.717, 1.165) is 16.8 Å². The van der Waals surface area contributed by atoms with Crippen LogP contribution in [0.2, 0.25) is 0 Å². The van der Waals surface area contributed by atoms with Crippen LogP contribution in [0.15, 0.2) is 54.6 Å². The smallest absolute Gasteiger partial charge is 0.319 e. The van der Waals surface area contributed by atoms with Crippen LogP contribution >= 0.6 is 0 Å². The highest BCUT2D eigenvalue weighted by Gasteiger charge is 2.15. The molecule has 4 heteroatoms. The molecule has 3 N–H and O–H groups in total. The van der Waals surface area contributed by atoms with E-state index in [-0.39, 0.29) is 24.6 Å². The Morgan fingerprint density at radius 1 is 1.00 bits per heavy atom. The number of amides is 2. The molecule has 0 radical (unpaired) electrons. The molecule has 1 unspecified atom stereocenters. The lowest BCUT2D eigenvalue weighted by molar-refractivity contribution is 0.227. The highest BCUT2D eigenvalue weighted by molar-refractivity contribution is 5.89. The van der Waals surface area contributed by atoms with Crippen molar-refractivity contribution in [2.75, 3.05) is 11.9 Å². The Kier molecular flexibility index (Phi) is 6.18. The van der Waals surface area contributed by atoms with Crippen LogP contribution in [0.5, 0.6) is 0 Å². The van der Waals surface area contributed by atoms with Gasteiger partial charge in [-0.2, -0.15) is 0 Å². The third kappa shape index (κ3) is 5.11. The van der Waals surface area contributed by atoms with E-state index in [1.54, 1.807) is 0 Å². The van der Waals surface area contributed by atoms with Crippen LogP contribution in [-0.4, -0.2) is 23.8 Å². The number of anilines is 1. The fraction of sp³-hybridized carbons (Fsp3) is 0.316. The Hall–Kier alpha value is -2.33. The molecule has 0 saturated carbocycles. The number of aliphatic hydroxyl groups excluding tert-OH is 1. The largest absolute Gasteiger partial charge is 0.396 e. The highest BCUT2D eigenvalue weighted by atomic mass is 16.3. The topological polar surface area (TPSA) is 61.4 Å². The minimum atomic E-state index is -0.246. The maximum absolute atomic E-state index is 12.1. The Morgan fingerprint density at radius 2 is 1.61 bits per heavy atom. The first-order valence-corrected chi connectivity index (χ1v) is 7.94. The summed E-state index contributed by atoms with van der Waals surface area (Å²) < 4.78 is 0. The van der Waals surface area contributed by atoms with Crippen molar-refractivity contribution in [1.29, 1.82) is 0 Å². The van der Waals surface area contributed by atoms with Crippen molar-refractivity contribution >= 4 is 11.7 Å². The lowest BCUT2D eigenvalue weighted by atomic mass is 10.0. The predicted octanol–water partition coefficient (Wildman–Crippen LogP) is 3.88. The van der Waals surface area contributed by atoms with Gasteiger partial charge in [-0.15, -0.1) is 0 Å². The third-order valence-electron chi connectivity index (χ3n) is 3.81. The van der Waals surface area contributed by atoms with Gasteiger partial charge in [0.1, 0.15) is 0 Å². The maximum Gasteiger partial charge on any atom is 0.319 e. The van der Waals surface area contributed by atoms with Gasteiger partial charge in [0.2, 0.25) is 0 Å². The summed E-state index contributed by atoms with van der Waals surface area (Å²) >= 11 is 0.